The summed E-state index contributed by atoms with van der Waals surface area (Å²) >= 11 is 0. The fourth-order valence-corrected chi connectivity index (χ4v) is 4.38. The maximum absolute atomic E-state index is 13.5. The molecule has 0 unspecified atom stereocenters. The van der Waals surface area contributed by atoms with Crippen molar-refractivity contribution in [2.75, 3.05) is 38.0 Å². The lowest BCUT2D eigenvalue weighted by Gasteiger charge is -2.11. The maximum atomic E-state index is 13.5. The number of hydrogen-bond donors (Lipinski definition) is 2. The van der Waals surface area contributed by atoms with Crippen molar-refractivity contribution in [3.63, 3.8) is 0 Å². The van der Waals surface area contributed by atoms with Crippen LogP contribution in [0.3, 0.4) is 0 Å². The summed E-state index contributed by atoms with van der Waals surface area (Å²) in [5.74, 6) is -18.4. The number of halogens is 8. The lowest BCUT2D eigenvalue weighted by molar-refractivity contribution is 0.358. The van der Waals surface area contributed by atoms with E-state index in [4.69, 9.17) is 10.2 Å². The van der Waals surface area contributed by atoms with E-state index in [1.165, 1.54) is 24.3 Å². The van der Waals surface area contributed by atoms with Crippen LogP contribution in [0.15, 0.2) is 118 Å². The van der Waals surface area contributed by atoms with Crippen molar-refractivity contribution < 1.29 is 45.3 Å². The molecule has 0 amide bonds. The number of aromatic hydroxyl groups is 2. The zero-order valence-corrected chi connectivity index (χ0v) is 30.9. The minimum Gasteiger partial charge on any atom is -0.503 e. The Morgan fingerprint density at radius 3 is 0.948 bits per heavy atom. The first-order valence-corrected chi connectivity index (χ1v) is 16.6. The Kier molecular flexibility index (Phi) is 15.1. The number of pyridine rings is 2. The van der Waals surface area contributed by atoms with Crippen molar-refractivity contribution in [2.24, 2.45) is 20.5 Å². The van der Waals surface area contributed by atoms with Gasteiger partial charge in [0.25, 0.3) is 0 Å². The van der Waals surface area contributed by atoms with Crippen molar-refractivity contribution >= 4 is 46.3 Å². The van der Waals surface area contributed by atoms with Crippen molar-refractivity contribution in [3.05, 3.63) is 155 Å². The van der Waals surface area contributed by atoms with E-state index >= 15 is 0 Å². The lowest BCUT2D eigenvalue weighted by atomic mass is 10.2. The Labute approximate surface area is 326 Å². The maximum Gasteiger partial charge on any atom is 0.206 e. The first-order chi connectivity index (χ1) is 27.6. The molecular formula is C40H32F8N8O2. The molecule has 0 spiro atoms. The summed E-state index contributed by atoms with van der Waals surface area (Å²) in [6, 6.07) is 20.7. The molecule has 6 rings (SSSR count). The highest BCUT2D eigenvalue weighted by atomic mass is 19.2. The summed E-state index contributed by atoms with van der Waals surface area (Å²) in [6.07, 6.45) is 11.2. The Morgan fingerprint density at radius 1 is 0.414 bits per heavy atom. The number of aromatic nitrogens is 2. The molecule has 2 N–H and O–H groups in total. The fraction of sp³-hybridized carbons (Fsp3) is 0.100. The van der Waals surface area contributed by atoms with Gasteiger partial charge in [-0.05, 0) is 83.9 Å². The van der Waals surface area contributed by atoms with Gasteiger partial charge in [0.05, 0.1) is 11.4 Å². The van der Waals surface area contributed by atoms with Crippen LogP contribution in [0.5, 0.6) is 11.5 Å². The van der Waals surface area contributed by atoms with Crippen molar-refractivity contribution in [3.8, 4) is 11.5 Å². The van der Waals surface area contributed by atoms with Gasteiger partial charge in [-0.2, -0.15) is 27.8 Å². The highest BCUT2D eigenvalue weighted by Crippen LogP contribution is 2.36. The van der Waals surface area contributed by atoms with Crippen LogP contribution in [0.1, 0.15) is 11.1 Å². The van der Waals surface area contributed by atoms with Crippen LogP contribution in [0.4, 0.5) is 69.2 Å². The number of nitrogens with zero attached hydrogens (tertiary/aromatic N) is 8. The average Bonchev–Trinajstić information content (AvgIpc) is 3.24. The van der Waals surface area contributed by atoms with Crippen LogP contribution >= 0.6 is 0 Å². The molecule has 0 saturated heterocycles. The van der Waals surface area contributed by atoms with E-state index in [-0.39, 0.29) is 11.4 Å². The summed E-state index contributed by atoms with van der Waals surface area (Å²) in [7, 11) is 7.29. The van der Waals surface area contributed by atoms with Crippen LogP contribution < -0.4 is 9.80 Å². The molecule has 0 aliphatic carbocycles. The second kappa shape index (κ2) is 20.1. The molecule has 18 heteroatoms. The van der Waals surface area contributed by atoms with E-state index in [0.29, 0.717) is 0 Å². The number of rotatable bonds is 8. The number of phenols is 2. The van der Waals surface area contributed by atoms with Gasteiger partial charge in [-0.3, -0.25) is 9.97 Å². The van der Waals surface area contributed by atoms with E-state index < -0.39 is 69.4 Å². The number of benzene rings is 4. The minimum absolute atomic E-state index is 0.235. The van der Waals surface area contributed by atoms with E-state index in [1.807, 2.05) is 62.3 Å². The zero-order chi connectivity index (χ0) is 42.5. The second-order valence-corrected chi connectivity index (χ2v) is 12.0. The Hall–Kier alpha value is -7.24. The molecule has 0 atom stereocenters. The average molecular weight is 809 g/mol. The molecular weight excluding hydrogens is 776 g/mol. The summed E-state index contributed by atoms with van der Waals surface area (Å²) < 4.78 is 107. The van der Waals surface area contributed by atoms with Gasteiger partial charge < -0.3 is 20.0 Å². The quantitative estimate of drug-likeness (QED) is 0.0897. The predicted octanol–water partition coefficient (Wildman–Crippen LogP) is 11.5. The molecule has 0 bridgehead atoms. The molecule has 0 aliphatic rings. The summed E-state index contributed by atoms with van der Waals surface area (Å²) in [5, 5.41) is 31.1. The third kappa shape index (κ3) is 11.2. The Balaban J connectivity index is 0.000000197. The largest absolute Gasteiger partial charge is 0.503 e. The molecule has 4 aromatic carbocycles. The summed E-state index contributed by atoms with van der Waals surface area (Å²) in [5.41, 5.74) is 2.00. The van der Waals surface area contributed by atoms with E-state index in [9.17, 15) is 35.1 Å². The van der Waals surface area contributed by atoms with E-state index in [1.54, 1.807) is 49.1 Å². The van der Waals surface area contributed by atoms with Gasteiger partial charge in [0.2, 0.25) is 23.3 Å². The monoisotopic (exact) mass is 808 g/mol. The van der Waals surface area contributed by atoms with Crippen LogP contribution in [0.25, 0.3) is 12.2 Å². The number of phenolic OH excluding ortho intramolecular Hbond substituents is 2. The molecule has 58 heavy (non-hydrogen) atoms. The Morgan fingerprint density at radius 2 is 0.690 bits per heavy atom. The van der Waals surface area contributed by atoms with Gasteiger partial charge in [0, 0.05) is 64.4 Å². The smallest absolute Gasteiger partial charge is 0.206 e. The number of hydrogen-bond acceptors (Lipinski definition) is 10. The third-order valence-electron chi connectivity index (χ3n) is 7.58. The topological polar surface area (TPSA) is 122 Å². The SMILES string of the molecule is C(=C\c1ccncc1)/c1ccncc1.CN(C)c1ccc(N=Nc2c(F)c(F)c(O)c(F)c2F)cc1.CN(C)c1ccc(N=Nc2c(F)c(F)c(O)c(F)c2F)cc1. The third-order valence-corrected chi connectivity index (χ3v) is 7.58. The molecule has 6 aromatic rings. The summed E-state index contributed by atoms with van der Waals surface area (Å²) in [6.45, 7) is 0. The van der Waals surface area contributed by atoms with Crippen LogP contribution in [-0.2, 0) is 0 Å². The second-order valence-electron chi connectivity index (χ2n) is 12.0. The van der Waals surface area contributed by atoms with Gasteiger partial charge in [0.1, 0.15) is 0 Å². The standard InChI is InChI=1S/2C14H11F4N3O.C12H10N2/c2*1-21(2)8-5-3-7(4-6-8)19-20-13-9(15)11(17)14(22)12(18)10(13)16;1(11-3-7-13-8-4-11)2-12-5-9-14-10-6-12/h2*3-6,22H,1-2H3;1-10H/b;;2-1+. The van der Waals surface area contributed by atoms with Crippen LogP contribution in [0, 0.1) is 46.5 Å². The van der Waals surface area contributed by atoms with Gasteiger partial charge >= 0.3 is 0 Å². The minimum atomic E-state index is -1.92. The van der Waals surface area contributed by atoms with Crippen LogP contribution in [0.2, 0.25) is 0 Å². The first kappa shape index (κ1) is 43.5. The molecule has 300 valence electrons. The van der Waals surface area contributed by atoms with Gasteiger partial charge in [-0.25, -0.2) is 17.6 Å². The van der Waals surface area contributed by atoms with Gasteiger partial charge in [-0.15, -0.1) is 10.2 Å². The fourth-order valence-electron chi connectivity index (χ4n) is 4.38. The van der Waals surface area contributed by atoms with Crippen molar-refractivity contribution in [1.29, 1.82) is 0 Å². The highest BCUT2D eigenvalue weighted by molar-refractivity contribution is 5.69. The lowest BCUT2D eigenvalue weighted by Crippen LogP contribution is -2.07. The molecule has 10 nitrogen and oxygen atoms in total. The zero-order valence-electron chi connectivity index (χ0n) is 30.9. The van der Waals surface area contributed by atoms with E-state index in [2.05, 4.69) is 42.6 Å². The van der Waals surface area contributed by atoms with Gasteiger partial charge in [-0.1, -0.05) is 12.2 Å². The van der Waals surface area contributed by atoms with E-state index in [0.717, 1.165) is 22.5 Å². The normalized spacial score (nSPS) is 11.0. The molecule has 0 radical (unpaired) electrons. The molecule has 0 fully saturated rings. The predicted molar refractivity (Wildman–Crippen MR) is 203 cm³/mol. The Bertz CT molecular complexity index is 2170. The number of azo groups is 2. The first-order valence-electron chi connectivity index (χ1n) is 16.6. The highest BCUT2D eigenvalue weighted by Gasteiger charge is 2.26. The molecule has 2 aromatic heterocycles. The van der Waals surface area contributed by atoms with Crippen molar-refractivity contribution in [1.82, 2.24) is 9.97 Å². The molecule has 0 saturated carbocycles. The molecule has 0 aliphatic heterocycles. The number of anilines is 2. The summed E-state index contributed by atoms with van der Waals surface area (Å²) in [4.78, 5) is 11.6. The van der Waals surface area contributed by atoms with Crippen LogP contribution in [-0.4, -0.2) is 48.4 Å². The van der Waals surface area contributed by atoms with Crippen molar-refractivity contribution in [2.45, 2.75) is 0 Å². The van der Waals surface area contributed by atoms with Gasteiger partial charge in [0.15, 0.2) is 46.1 Å². The molecule has 2 heterocycles.